The Kier molecular flexibility index (Phi) is 42.0. The second-order valence-electron chi connectivity index (χ2n) is 35.8. The SMILES string of the molecule is CCC1CCC(C2CCC(C)CC2)CC1.CCCC1CCC(C2CCC(CC)CC2)CC1.CCCCC1CCC(C2CCC(CCC)CC2)CC1.CCCCCC1CCC(C2CCC(CC)CC2)CC1.CCCCCC1CCC(C2CCC(CCC)CC2)CC1. The van der Waals surface area contributed by atoms with Crippen LogP contribution in [-0.2, 0) is 0 Å². The number of hydrogen-bond acceptors (Lipinski definition) is 0. The lowest BCUT2D eigenvalue weighted by Gasteiger charge is -2.38. The molecule has 0 amide bonds. The van der Waals surface area contributed by atoms with E-state index in [0.29, 0.717) is 0 Å². The molecule has 0 heterocycles. The van der Waals surface area contributed by atoms with Gasteiger partial charge < -0.3 is 0 Å². The summed E-state index contributed by atoms with van der Waals surface area (Å²) < 4.78 is 0. The van der Waals surface area contributed by atoms with Gasteiger partial charge in [-0.1, -0.05) is 326 Å². The molecule has 10 saturated carbocycles. The minimum absolute atomic E-state index is 1.02. The summed E-state index contributed by atoms with van der Waals surface area (Å²) in [5.74, 6) is 21.9. The zero-order chi connectivity index (χ0) is 64.0. The maximum Gasteiger partial charge on any atom is -0.0386 e. The first kappa shape index (κ1) is 79.0. The topological polar surface area (TPSA) is 0 Å². The van der Waals surface area contributed by atoms with Crippen LogP contribution in [0.3, 0.4) is 0 Å². The maximum atomic E-state index is 2.43. The quantitative estimate of drug-likeness (QED) is 0.0799. The Morgan fingerprint density at radius 2 is 0.322 bits per heavy atom. The predicted octanol–water partition coefficient (Wildman–Crippen LogP) is 31.0. The van der Waals surface area contributed by atoms with Crippen LogP contribution in [-0.4, -0.2) is 0 Å². The van der Waals surface area contributed by atoms with Crippen molar-refractivity contribution in [3.8, 4) is 0 Å². The summed E-state index contributed by atoms with van der Waals surface area (Å²) in [6.45, 7) is 23.6. The molecule has 10 aliphatic rings. The molecule has 10 fully saturated rings. The van der Waals surface area contributed by atoms with Crippen molar-refractivity contribution >= 4 is 0 Å². The van der Waals surface area contributed by atoms with Gasteiger partial charge in [0.05, 0.1) is 0 Å². The lowest BCUT2D eigenvalue weighted by Crippen LogP contribution is -2.25. The van der Waals surface area contributed by atoms with E-state index in [1.807, 2.05) is 0 Å². The molecule has 0 aromatic carbocycles. The molecule has 0 nitrogen and oxygen atoms in total. The first-order valence-corrected chi connectivity index (χ1v) is 44.1. The number of unbranched alkanes of at least 4 members (excludes halogenated alkanes) is 5. The van der Waals surface area contributed by atoms with E-state index < -0.39 is 0 Å². The van der Waals surface area contributed by atoms with Crippen molar-refractivity contribution in [1.82, 2.24) is 0 Å². The molecule has 530 valence electrons. The van der Waals surface area contributed by atoms with Crippen LogP contribution in [0.2, 0.25) is 0 Å². The Labute approximate surface area is 569 Å². The second kappa shape index (κ2) is 47.9. The molecule has 0 heteroatoms. The average Bonchev–Trinajstić information content (AvgIpc) is 3.80. The van der Waals surface area contributed by atoms with E-state index in [1.54, 1.807) is 205 Å². The largest absolute Gasteiger partial charge is 0.0654 e. The summed E-state index contributed by atoms with van der Waals surface area (Å²) in [7, 11) is 0. The van der Waals surface area contributed by atoms with Gasteiger partial charge in [0.25, 0.3) is 0 Å². The summed E-state index contributed by atoms with van der Waals surface area (Å²) >= 11 is 0. The van der Waals surface area contributed by atoms with Gasteiger partial charge in [-0.15, -0.1) is 0 Å². The fourth-order valence-electron chi connectivity index (χ4n) is 22.7. The lowest BCUT2D eigenvalue weighted by molar-refractivity contribution is 0.140. The summed E-state index contributed by atoms with van der Waals surface area (Å²) in [5.41, 5.74) is 0. The maximum absolute atomic E-state index is 2.43. The van der Waals surface area contributed by atoms with Gasteiger partial charge in [-0.2, -0.15) is 0 Å². The van der Waals surface area contributed by atoms with Crippen molar-refractivity contribution in [3.05, 3.63) is 0 Å². The van der Waals surface area contributed by atoms with E-state index in [4.69, 9.17) is 0 Å². The zero-order valence-corrected chi connectivity index (χ0v) is 64.0. The third-order valence-electron chi connectivity index (χ3n) is 29.6. The molecule has 0 aliphatic heterocycles. The summed E-state index contributed by atoms with van der Waals surface area (Å²) in [4.78, 5) is 0. The first-order chi connectivity index (χ1) is 44.1. The highest BCUT2D eigenvalue weighted by atomic mass is 14.4. The van der Waals surface area contributed by atoms with Gasteiger partial charge in [0.1, 0.15) is 0 Å². The highest BCUT2D eigenvalue weighted by Crippen LogP contribution is 2.48. The van der Waals surface area contributed by atoms with Crippen molar-refractivity contribution in [2.75, 3.05) is 0 Å². The summed E-state index contributed by atoms with van der Waals surface area (Å²) in [5, 5.41) is 0. The molecule has 0 spiro atoms. The van der Waals surface area contributed by atoms with E-state index in [0.717, 1.165) is 118 Å². The molecule has 0 aromatic heterocycles. The third kappa shape index (κ3) is 30.0. The van der Waals surface area contributed by atoms with Crippen LogP contribution in [0.25, 0.3) is 0 Å². The molecule has 90 heavy (non-hydrogen) atoms. The van der Waals surface area contributed by atoms with Crippen molar-refractivity contribution in [2.45, 2.75) is 454 Å². The Bertz CT molecular complexity index is 1580. The van der Waals surface area contributed by atoms with Crippen molar-refractivity contribution < 1.29 is 0 Å². The summed E-state index contributed by atoms with van der Waals surface area (Å²) in [6, 6.07) is 0. The molecule has 10 rings (SSSR count). The van der Waals surface area contributed by atoms with Gasteiger partial charge in [-0.05, 0) is 247 Å². The van der Waals surface area contributed by atoms with Gasteiger partial charge in [-0.25, -0.2) is 0 Å². The van der Waals surface area contributed by atoms with Crippen molar-refractivity contribution in [2.24, 2.45) is 118 Å². The van der Waals surface area contributed by atoms with Gasteiger partial charge in [0, 0.05) is 0 Å². The molecule has 0 atom stereocenters. The second-order valence-corrected chi connectivity index (χ2v) is 35.8. The van der Waals surface area contributed by atoms with Gasteiger partial charge >= 0.3 is 0 Å². The van der Waals surface area contributed by atoms with E-state index in [-0.39, 0.29) is 0 Å². The minimum atomic E-state index is 1.02. The lowest BCUT2D eigenvalue weighted by atomic mass is 9.68. The third-order valence-corrected chi connectivity index (χ3v) is 29.6. The van der Waals surface area contributed by atoms with Crippen LogP contribution in [0.4, 0.5) is 0 Å². The van der Waals surface area contributed by atoms with Gasteiger partial charge in [-0.3, -0.25) is 0 Å². The average molecular weight is 1250 g/mol. The van der Waals surface area contributed by atoms with E-state index in [2.05, 4.69) is 69.2 Å². The van der Waals surface area contributed by atoms with Crippen LogP contribution >= 0.6 is 0 Å². The summed E-state index contributed by atoms with van der Waals surface area (Å²) in [6.07, 6.45) is 91.2. The van der Waals surface area contributed by atoms with E-state index >= 15 is 0 Å². The number of rotatable bonds is 25. The highest BCUT2D eigenvalue weighted by Gasteiger charge is 2.35. The first-order valence-electron chi connectivity index (χ1n) is 44.1. The molecule has 10 aliphatic carbocycles. The Hall–Kier alpha value is 0. The molecule has 0 bridgehead atoms. The van der Waals surface area contributed by atoms with E-state index in [9.17, 15) is 0 Å². The monoisotopic (exact) mass is 1250 g/mol. The fourth-order valence-corrected chi connectivity index (χ4v) is 22.7. The van der Waals surface area contributed by atoms with Crippen LogP contribution in [0.5, 0.6) is 0 Å². The smallest absolute Gasteiger partial charge is 0.0386 e. The normalized spacial score (nSPS) is 37.7. The Balaban J connectivity index is 0.000000180. The fraction of sp³-hybridized carbons (Fsp3) is 1.00. The van der Waals surface area contributed by atoms with Crippen LogP contribution in [0.15, 0.2) is 0 Å². The Morgan fingerprint density at radius 1 is 0.156 bits per heavy atom. The van der Waals surface area contributed by atoms with Crippen LogP contribution in [0.1, 0.15) is 454 Å². The number of hydrogen-bond donors (Lipinski definition) is 0. The van der Waals surface area contributed by atoms with Crippen molar-refractivity contribution in [1.29, 1.82) is 0 Å². The zero-order valence-electron chi connectivity index (χ0n) is 64.0. The molecule has 0 aromatic rings. The predicted molar refractivity (Wildman–Crippen MR) is 404 cm³/mol. The van der Waals surface area contributed by atoms with E-state index in [1.165, 1.54) is 180 Å². The molecule has 0 saturated heterocycles. The van der Waals surface area contributed by atoms with Crippen LogP contribution in [0, 0.1) is 118 Å². The molecule has 0 radical (unpaired) electrons. The van der Waals surface area contributed by atoms with Gasteiger partial charge in [0.2, 0.25) is 0 Å². The Morgan fingerprint density at radius 3 is 0.500 bits per heavy atom. The molecular weight excluding hydrogens is 1080 g/mol. The molecule has 0 N–H and O–H groups in total. The molecular formula is C90H170. The molecule has 0 unspecified atom stereocenters. The minimum Gasteiger partial charge on any atom is -0.0654 e. The van der Waals surface area contributed by atoms with Crippen LogP contribution < -0.4 is 0 Å². The van der Waals surface area contributed by atoms with Gasteiger partial charge in [0.15, 0.2) is 0 Å². The highest BCUT2D eigenvalue weighted by molar-refractivity contribution is 4.87. The van der Waals surface area contributed by atoms with Crippen molar-refractivity contribution in [3.63, 3.8) is 0 Å². The standard InChI is InChI=1S/C20H38.2C19H36.C17H32.C15H28/c1-3-5-6-8-18-11-15-20(16-12-18)19-13-9-17(7-4-2)10-14-19;1-3-5-6-7-17-10-14-19(15-11-17)18-12-8-16(4-2)9-13-18;1-3-5-7-17-10-14-19(15-11-17)18-12-8-16(6-4-2)9-13-18;1-3-5-15-8-12-17(13-9-15)16-10-6-14(4-2)7-11-16;1-3-13-6-10-15(11-7-13)14-8-4-12(2)5-9-14/h17-20H,3-16H2,1-2H3;2*16-19H,3-15H2,1-2H3;14-17H,3-13H2,1-2H3;12-15H,3-11H2,1-2H3.